The van der Waals surface area contributed by atoms with Crippen LogP contribution in [0.25, 0.3) is 11.0 Å². The number of aryl methyl sites for hydroxylation is 3. The van der Waals surface area contributed by atoms with Crippen LogP contribution in [0.2, 0.25) is 0 Å². The minimum atomic E-state index is 0.0144. The lowest BCUT2D eigenvalue weighted by Crippen LogP contribution is -2.26. The average molecular weight is 558 g/mol. The number of benzene rings is 3. The molecule has 4 rings (SSSR count). The number of fused-ring (bicyclic) bond motifs is 1. The molecule has 0 unspecified atom stereocenters. The minimum Gasteiger partial charge on any atom is -0.493 e. The van der Waals surface area contributed by atoms with Gasteiger partial charge in [-0.3, -0.25) is 4.79 Å². The smallest absolute Gasteiger partial charge is 0.224 e. The SMILES string of the molecule is COc1ccc(CC(=O)NCCCCCc2nc3ccccc3n2CCCCOc2cccc(C)c2C)cc1OC. The number of hydrogen-bond acceptors (Lipinski definition) is 5. The zero-order chi connectivity index (χ0) is 29.0. The number of hydrogen-bond donors (Lipinski definition) is 1. The van der Waals surface area contributed by atoms with Gasteiger partial charge in [0.15, 0.2) is 11.5 Å². The van der Waals surface area contributed by atoms with E-state index >= 15 is 0 Å². The Morgan fingerprint density at radius 3 is 2.51 bits per heavy atom. The van der Waals surface area contributed by atoms with Gasteiger partial charge in [0.05, 0.1) is 38.3 Å². The fraction of sp³-hybridized carbons (Fsp3) is 0.412. The topological polar surface area (TPSA) is 74.6 Å². The number of methoxy groups -OCH3 is 2. The van der Waals surface area contributed by atoms with Crippen molar-refractivity contribution in [1.82, 2.24) is 14.9 Å². The van der Waals surface area contributed by atoms with Gasteiger partial charge < -0.3 is 24.1 Å². The molecule has 1 aromatic heterocycles. The summed E-state index contributed by atoms with van der Waals surface area (Å²) in [5.74, 6) is 3.43. The summed E-state index contributed by atoms with van der Waals surface area (Å²) < 4.78 is 19.0. The highest BCUT2D eigenvalue weighted by molar-refractivity contribution is 5.78. The second kappa shape index (κ2) is 15.1. The second-order valence-electron chi connectivity index (χ2n) is 10.4. The van der Waals surface area contributed by atoms with Crippen LogP contribution < -0.4 is 19.5 Å². The van der Waals surface area contributed by atoms with Gasteiger partial charge in [-0.25, -0.2) is 4.98 Å². The molecule has 4 aromatic rings. The number of para-hydroxylation sites is 2. The van der Waals surface area contributed by atoms with Gasteiger partial charge in [0.1, 0.15) is 11.6 Å². The quantitative estimate of drug-likeness (QED) is 0.157. The van der Waals surface area contributed by atoms with Crippen LogP contribution in [0.3, 0.4) is 0 Å². The first kappa shape index (κ1) is 30.0. The van der Waals surface area contributed by atoms with Crippen LogP contribution in [-0.4, -0.2) is 42.8 Å². The van der Waals surface area contributed by atoms with Crippen LogP contribution in [0.4, 0.5) is 0 Å². The van der Waals surface area contributed by atoms with Gasteiger partial charge in [0.2, 0.25) is 5.91 Å². The first-order chi connectivity index (χ1) is 20.0. The van der Waals surface area contributed by atoms with Crippen LogP contribution in [0, 0.1) is 13.8 Å². The van der Waals surface area contributed by atoms with Crippen LogP contribution in [-0.2, 0) is 24.2 Å². The largest absolute Gasteiger partial charge is 0.493 e. The standard InChI is InChI=1S/C34H43N3O4/c1-25-13-12-16-30(26(25)2)41-22-11-10-21-37-29-15-8-7-14-28(29)36-33(37)17-6-5-9-20-35-34(38)24-27-18-19-31(39-3)32(23-27)40-4/h7-8,12-16,18-19,23H,5-6,9-11,17,20-22,24H2,1-4H3,(H,35,38). The zero-order valence-electron chi connectivity index (χ0n) is 24.9. The molecule has 0 aliphatic heterocycles. The van der Waals surface area contributed by atoms with Crippen molar-refractivity contribution in [3.05, 3.63) is 83.2 Å². The Bertz CT molecular complexity index is 1430. The van der Waals surface area contributed by atoms with Crippen molar-refractivity contribution in [1.29, 1.82) is 0 Å². The lowest BCUT2D eigenvalue weighted by Gasteiger charge is -2.12. The van der Waals surface area contributed by atoms with Gasteiger partial charge >= 0.3 is 0 Å². The molecule has 0 radical (unpaired) electrons. The van der Waals surface area contributed by atoms with Crippen molar-refractivity contribution in [3.63, 3.8) is 0 Å². The average Bonchev–Trinajstić information content (AvgIpc) is 3.33. The molecule has 0 aliphatic carbocycles. The number of nitrogens with zero attached hydrogens (tertiary/aromatic N) is 2. The van der Waals surface area contributed by atoms with Gasteiger partial charge in [-0.2, -0.15) is 0 Å². The van der Waals surface area contributed by atoms with E-state index in [9.17, 15) is 4.79 Å². The van der Waals surface area contributed by atoms with Crippen molar-refractivity contribution in [2.75, 3.05) is 27.4 Å². The van der Waals surface area contributed by atoms with Crippen LogP contribution >= 0.6 is 0 Å². The van der Waals surface area contributed by atoms with E-state index in [1.165, 1.54) is 16.6 Å². The number of aromatic nitrogens is 2. The van der Waals surface area contributed by atoms with Crippen LogP contribution in [0.1, 0.15) is 54.6 Å². The van der Waals surface area contributed by atoms with Gasteiger partial charge in [0.25, 0.3) is 0 Å². The molecule has 41 heavy (non-hydrogen) atoms. The molecular formula is C34H43N3O4. The molecule has 1 amide bonds. The van der Waals surface area contributed by atoms with Crippen LogP contribution in [0.5, 0.6) is 17.2 Å². The Labute approximate surface area is 243 Å². The number of unbranched alkanes of at least 4 members (excludes halogenated alkanes) is 3. The second-order valence-corrected chi connectivity index (χ2v) is 10.4. The van der Waals surface area contributed by atoms with E-state index in [2.05, 4.69) is 54.1 Å². The molecule has 0 saturated carbocycles. The minimum absolute atomic E-state index is 0.0144. The Morgan fingerprint density at radius 1 is 0.854 bits per heavy atom. The maximum Gasteiger partial charge on any atom is 0.224 e. The number of imidazole rings is 1. The van der Waals surface area contributed by atoms with Crippen molar-refractivity contribution in [3.8, 4) is 17.2 Å². The molecule has 1 heterocycles. The summed E-state index contributed by atoms with van der Waals surface area (Å²) in [6.45, 7) is 6.54. The predicted octanol–water partition coefficient (Wildman–Crippen LogP) is 6.60. The molecule has 0 spiro atoms. The summed E-state index contributed by atoms with van der Waals surface area (Å²) in [5.41, 5.74) is 5.62. The zero-order valence-corrected chi connectivity index (χ0v) is 24.9. The third kappa shape index (κ3) is 8.26. The molecular weight excluding hydrogens is 514 g/mol. The maximum absolute atomic E-state index is 12.4. The number of carbonyl (C=O) groups is 1. The van der Waals surface area contributed by atoms with E-state index in [0.717, 1.165) is 67.7 Å². The molecule has 0 saturated heterocycles. The predicted molar refractivity (Wildman–Crippen MR) is 164 cm³/mol. The Hall–Kier alpha value is -4.00. The summed E-state index contributed by atoms with van der Waals surface area (Å²) in [7, 11) is 3.20. The summed E-state index contributed by atoms with van der Waals surface area (Å²) in [6, 6.07) is 20.2. The van der Waals surface area contributed by atoms with Crippen molar-refractivity contribution in [2.24, 2.45) is 0 Å². The van der Waals surface area contributed by atoms with Gasteiger partial charge in [-0.05, 0) is 86.6 Å². The highest BCUT2D eigenvalue weighted by Gasteiger charge is 2.11. The molecule has 3 aromatic carbocycles. The highest BCUT2D eigenvalue weighted by atomic mass is 16.5. The van der Waals surface area contributed by atoms with E-state index in [4.69, 9.17) is 19.2 Å². The Morgan fingerprint density at radius 2 is 1.68 bits per heavy atom. The van der Waals surface area contributed by atoms with E-state index in [-0.39, 0.29) is 5.91 Å². The van der Waals surface area contributed by atoms with Crippen molar-refractivity contribution < 1.29 is 19.0 Å². The Kier molecular flexibility index (Phi) is 11.1. The number of amides is 1. The monoisotopic (exact) mass is 557 g/mol. The van der Waals surface area contributed by atoms with E-state index < -0.39 is 0 Å². The molecule has 218 valence electrons. The third-order valence-electron chi connectivity index (χ3n) is 7.53. The number of rotatable bonds is 16. The van der Waals surface area contributed by atoms with Gasteiger partial charge in [0, 0.05) is 19.5 Å². The third-order valence-corrected chi connectivity index (χ3v) is 7.53. The number of nitrogens with one attached hydrogen (secondary N) is 1. The number of carbonyl (C=O) groups excluding carboxylic acids is 1. The first-order valence-corrected chi connectivity index (χ1v) is 14.6. The van der Waals surface area contributed by atoms with Crippen molar-refractivity contribution in [2.45, 2.75) is 65.3 Å². The molecule has 0 aliphatic rings. The first-order valence-electron chi connectivity index (χ1n) is 14.6. The van der Waals surface area contributed by atoms with E-state index in [0.29, 0.717) is 31.1 Å². The van der Waals surface area contributed by atoms with Gasteiger partial charge in [-0.1, -0.05) is 36.8 Å². The normalized spacial score (nSPS) is 11.0. The Balaban J connectivity index is 1.19. The lowest BCUT2D eigenvalue weighted by molar-refractivity contribution is -0.120. The maximum atomic E-state index is 12.4. The summed E-state index contributed by atoms with van der Waals surface area (Å²) in [4.78, 5) is 17.4. The molecule has 1 N–H and O–H groups in total. The molecule has 0 fully saturated rings. The highest BCUT2D eigenvalue weighted by Crippen LogP contribution is 2.27. The van der Waals surface area contributed by atoms with Crippen LogP contribution in [0.15, 0.2) is 60.7 Å². The molecule has 0 bridgehead atoms. The number of ether oxygens (including phenoxy) is 3. The lowest BCUT2D eigenvalue weighted by atomic mass is 10.1. The summed E-state index contributed by atoms with van der Waals surface area (Å²) in [5, 5.41) is 3.04. The van der Waals surface area contributed by atoms with Crippen molar-refractivity contribution >= 4 is 16.9 Å². The van der Waals surface area contributed by atoms with E-state index in [1.54, 1.807) is 14.2 Å². The summed E-state index contributed by atoms with van der Waals surface area (Å²) >= 11 is 0. The molecule has 7 heteroatoms. The fourth-order valence-corrected chi connectivity index (χ4v) is 5.05. The fourth-order valence-electron chi connectivity index (χ4n) is 5.05. The molecule has 7 nitrogen and oxygen atoms in total. The van der Waals surface area contributed by atoms with Gasteiger partial charge in [-0.15, -0.1) is 0 Å². The van der Waals surface area contributed by atoms with E-state index in [1.807, 2.05) is 30.3 Å². The molecule has 0 atom stereocenters. The summed E-state index contributed by atoms with van der Waals surface area (Å²) in [6.07, 6.45) is 6.27.